The number of ether oxygens (including phenoxy) is 1. The van der Waals surface area contributed by atoms with E-state index in [9.17, 15) is 0 Å². The molecule has 128 valence electrons. The van der Waals surface area contributed by atoms with Crippen LogP contribution in [0.1, 0.15) is 71.7 Å². The van der Waals surface area contributed by atoms with Gasteiger partial charge >= 0.3 is 6.08 Å². The van der Waals surface area contributed by atoms with E-state index in [1.165, 1.54) is 0 Å². The van der Waals surface area contributed by atoms with Crippen LogP contribution in [0, 0.1) is 0 Å². The minimum atomic E-state index is -0.0343. The largest absolute Gasteiger partial charge is 0.450 e. The zero-order chi connectivity index (χ0) is 17.1. The number of oxazole rings is 2. The van der Waals surface area contributed by atoms with Gasteiger partial charge in [0.15, 0.2) is 5.89 Å². The number of hydrogen-bond donors (Lipinski definition) is 0. The lowest BCUT2D eigenvalue weighted by atomic mass is 9.85. The summed E-state index contributed by atoms with van der Waals surface area (Å²) in [6.07, 6.45) is 6.45. The summed E-state index contributed by atoms with van der Waals surface area (Å²) in [7, 11) is 0. The third-order valence-electron chi connectivity index (χ3n) is 3.97. The number of aryl methyl sites for hydroxylation is 1. The molecule has 5 nitrogen and oxygen atoms in total. The number of nitrogens with zero attached hydrogens (tertiary/aromatic N) is 2. The van der Waals surface area contributed by atoms with Gasteiger partial charge < -0.3 is 13.6 Å². The first kappa shape index (κ1) is 17.6. The number of hydrogen-bond acceptors (Lipinski definition) is 5. The van der Waals surface area contributed by atoms with Gasteiger partial charge in [0.1, 0.15) is 12.5 Å². The average Bonchev–Trinajstić information content (AvgIpc) is 3.12. The summed E-state index contributed by atoms with van der Waals surface area (Å²) in [5, 5.41) is 0. The fraction of sp³-hybridized carbons (Fsp3) is 0.667. The normalized spacial score (nSPS) is 12.6. The molecule has 5 heteroatoms. The molecule has 0 aliphatic rings. The Morgan fingerprint density at radius 3 is 2.26 bits per heavy atom. The maximum Gasteiger partial charge on any atom is 0.393 e. The van der Waals surface area contributed by atoms with Crippen LogP contribution in [0.4, 0.5) is 0 Å². The van der Waals surface area contributed by atoms with Gasteiger partial charge in [-0.2, -0.15) is 4.98 Å². The van der Waals surface area contributed by atoms with Crippen molar-refractivity contribution in [2.24, 2.45) is 0 Å². The van der Waals surface area contributed by atoms with Crippen LogP contribution in [0.2, 0.25) is 0 Å². The van der Waals surface area contributed by atoms with Gasteiger partial charge in [0, 0.05) is 17.3 Å². The second-order valence-electron chi connectivity index (χ2n) is 7.56. The van der Waals surface area contributed by atoms with E-state index >= 15 is 0 Å². The number of rotatable bonds is 7. The molecule has 2 aromatic heterocycles. The lowest BCUT2D eigenvalue weighted by molar-refractivity contribution is 0.217. The second-order valence-corrected chi connectivity index (χ2v) is 7.56. The summed E-state index contributed by atoms with van der Waals surface area (Å²) in [6, 6.07) is 0. The van der Waals surface area contributed by atoms with Crippen molar-refractivity contribution in [2.75, 3.05) is 6.61 Å². The van der Waals surface area contributed by atoms with Crippen molar-refractivity contribution in [1.82, 2.24) is 9.97 Å². The van der Waals surface area contributed by atoms with Crippen molar-refractivity contribution in [3.63, 3.8) is 0 Å². The number of aromatic nitrogens is 2. The molecule has 0 amide bonds. The van der Waals surface area contributed by atoms with E-state index in [2.05, 4.69) is 44.6 Å². The monoisotopic (exact) mass is 320 g/mol. The van der Waals surface area contributed by atoms with Crippen molar-refractivity contribution in [1.29, 1.82) is 0 Å². The van der Waals surface area contributed by atoms with Gasteiger partial charge in [-0.15, -0.1) is 0 Å². The van der Waals surface area contributed by atoms with E-state index in [0.29, 0.717) is 12.7 Å². The smallest absolute Gasteiger partial charge is 0.393 e. The molecule has 2 rings (SSSR count). The molecule has 0 aliphatic carbocycles. The lowest BCUT2D eigenvalue weighted by Crippen LogP contribution is -2.19. The standard InChI is InChI=1S/C18H28N2O3/c1-7-15-19-14(12-22-15)18(5,6)9-8-10-21-16-20-13(11-23-16)17(2,3)4/h11-12H,7-10H2,1-6H3. The molecule has 0 atom stereocenters. The first-order valence-corrected chi connectivity index (χ1v) is 8.26. The van der Waals surface area contributed by atoms with Gasteiger partial charge in [-0.3, -0.25) is 0 Å². The molecule has 2 aromatic rings. The van der Waals surface area contributed by atoms with E-state index in [4.69, 9.17) is 13.6 Å². The highest BCUT2D eigenvalue weighted by Gasteiger charge is 2.24. The van der Waals surface area contributed by atoms with E-state index in [1.807, 2.05) is 6.92 Å². The van der Waals surface area contributed by atoms with Crippen LogP contribution in [-0.2, 0) is 17.3 Å². The molecule has 0 N–H and O–H groups in total. The van der Waals surface area contributed by atoms with E-state index in [-0.39, 0.29) is 10.8 Å². The van der Waals surface area contributed by atoms with Crippen molar-refractivity contribution in [2.45, 2.75) is 71.6 Å². The van der Waals surface area contributed by atoms with Gasteiger partial charge in [-0.1, -0.05) is 41.5 Å². The quantitative estimate of drug-likeness (QED) is 0.694. The first-order valence-electron chi connectivity index (χ1n) is 8.26. The van der Waals surface area contributed by atoms with Crippen LogP contribution in [0.3, 0.4) is 0 Å². The molecule has 0 fully saturated rings. The molecule has 0 saturated heterocycles. The van der Waals surface area contributed by atoms with Crippen LogP contribution in [0.15, 0.2) is 21.4 Å². The SMILES string of the molecule is CCc1nc(C(C)(C)CCCOc2nc(C(C)(C)C)co2)co1. The van der Waals surface area contributed by atoms with E-state index in [0.717, 1.165) is 36.5 Å². The highest BCUT2D eigenvalue weighted by atomic mass is 16.6. The van der Waals surface area contributed by atoms with Gasteiger partial charge in [0.05, 0.1) is 18.0 Å². The van der Waals surface area contributed by atoms with Crippen molar-refractivity contribution in [3.05, 3.63) is 29.8 Å². The van der Waals surface area contributed by atoms with Crippen molar-refractivity contribution >= 4 is 0 Å². The third-order valence-corrected chi connectivity index (χ3v) is 3.97. The van der Waals surface area contributed by atoms with E-state index in [1.54, 1.807) is 12.5 Å². The van der Waals surface area contributed by atoms with E-state index < -0.39 is 0 Å². The lowest BCUT2D eigenvalue weighted by Gasteiger charge is -2.21. The maximum absolute atomic E-state index is 5.62. The van der Waals surface area contributed by atoms with Crippen LogP contribution in [0.5, 0.6) is 6.08 Å². The summed E-state index contributed by atoms with van der Waals surface area (Å²) < 4.78 is 16.4. The Morgan fingerprint density at radius 2 is 1.70 bits per heavy atom. The average molecular weight is 320 g/mol. The molecular formula is C18H28N2O3. The molecular weight excluding hydrogens is 292 g/mol. The molecule has 23 heavy (non-hydrogen) atoms. The summed E-state index contributed by atoms with van der Waals surface area (Å²) in [5.74, 6) is 0.791. The highest BCUT2D eigenvalue weighted by molar-refractivity contribution is 5.11. The summed E-state index contributed by atoms with van der Waals surface area (Å²) in [6.45, 7) is 13.3. The van der Waals surface area contributed by atoms with Crippen molar-refractivity contribution in [3.8, 4) is 6.08 Å². The predicted molar refractivity (Wildman–Crippen MR) is 88.8 cm³/mol. The minimum Gasteiger partial charge on any atom is -0.450 e. The third kappa shape index (κ3) is 4.60. The van der Waals surface area contributed by atoms with Gasteiger partial charge in [0.2, 0.25) is 0 Å². The zero-order valence-electron chi connectivity index (χ0n) is 15.1. The highest BCUT2D eigenvalue weighted by Crippen LogP contribution is 2.28. The van der Waals surface area contributed by atoms with Gasteiger partial charge in [-0.25, -0.2) is 4.98 Å². The van der Waals surface area contributed by atoms with Gasteiger partial charge in [-0.05, 0) is 12.8 Å². The molecule has 2 heterocycles. The second kappa shape index (κ2) is 6.77. The summed E-state index contributed by atoms with van der Waals surface area (Å²) in [5.41, 5.74) is 1.84. The first-order chi connectivity index (χ1) is 10.7. The molecule has 0 bridgehead atoms. The Balaban J connectivity index is 1.81. The molecule has 0 aromatic carbocycles. The van der Waals surface area contributed by atoms with Gasteiger partial charge in [0.25, 0.3) is 0 Å². The predicted octanol–water partition coefficient (Wildman–Crippen LogP) is 4.66. The fourth-order valence-electron chi connectivity index (χ4n) is 2.25. The topological polar surface area (TPSA) is 61.3 Å². The van der Waals surface area contributed by atoms with Crippen LogP contribution in [0.25, 0.3) is 0 Å². The maximum atomic E-state index is 5.62. The molecule has 0 saturated carbocycles. The fourth-order valence-corrected chi connectivity index (χ4v) is 2.25. The molecule has 0 radical (unpaired) electrons. The van der Waals surface area contributed by atoms with Crippen LogP contribution < -0.4 is 4.74 Å². The Morgan fingerprint density at radius 1 is 1.00 bits per heavy atom. The van der Waals surface area contributed by atoms with Crippen LogP contribution in [-0.4, -0.2) is 16.6 Å². The Hall–Kier alpha value is -1.78. The Kier molecular flexibility index (Phi) is 5.17. The summed E-state index contributed by atoms with van der Waals surface area (Å²) >= 11 is 0. The summed E-state index contributed by atoms with van der Waals surface area (Å²) in [4.78, 5) is 8.90. The Labute approximate surface area is 138 Å². The van der Waals surface area contributed by atoms with Crippen LogP contribution >= 0.6 is 0 Å². The minimum absolute atomic E-state index is 0.0307. The zero-order valence-corrected chi connectivity index (χ0v) is 15.1. The molecule has 0 aliphatic heterocycles. The molecule has 0 spiro atoms. The van der Waals surface area contributed by atoms with Crippen molar-refractivity contribution < 1.29 is 13.6 Å². The Bertz CT molecular complexity index is 620. The molecule has 0 unspecified atom stereocenters.